The Bertz CT molecular complexity index is 324. The van der Waals surface area contributed by atoms with Crippen LogP contribution in [0.3, 0.4) is 0 Å². The van der Waals surface area contributed by atoms with Gasteiger partial charge in [-0.2, -0.15) is 0 Å². The van der Waals surface area contributed by atoms with Crippen molar-refractivity contribution in [1.29, 1.82) is 0 Å². The van der Waals surface area contributed by atoms with Crippen LogP contribution in [0.1, 0.15) is 39.2 Å². The number of nitrogens with two attached hydrogens (primary N) is 1. The molecule has 2 nitrogen and oxygen atoms in total. The van der Waals surface area contributed by atoms with E-state index in [0.29, 0.717) is 5.84 Å². The Labute approximate surface area is 92.2 Å². The molecule has 1 aromatic carbocycles. The van der Waals surface area contributed by atoms with Gasteiger partial charge in [-0.1, -0.05) is 44.2 Å². The molecule has 0 unspecified atom stereocenters. The predicted octanol–water partition coefficient (Wildman–Crippen LogP) is 2.97. The van der Waals surface area contributed by atoms with Crippen molar-refractivity contribution in [3.63, 3.8) is 0 Å². The lowest BCUT2D eigenvalue weighted by molar-refractivity contribution is 0.441. The molecule has 2 heteroatoms. The molecule has 0 aliphatic rings. The van der Waals surface area contributed by atoms with Gasteiger partial charge in [-0.3, -0.25) is 4.99 Å². The molecule has 0 radical (unpaired) electrons. The summed E-state index contributed by atoms with van der Waals surface area (Å²) < 4.78 is 0. The molecule has 2 N–H and O–H groups in total. The maximum atomic E-state index is 5.98. The van der Waals surface area contributed by atoms with E-state index < -0.39 is 0 Å². The first-order valence-corrected chi connectivity index (χ1v) is 5.52. The van der Waals surface area contributed by atoms with Gasteiger partial charge in [0.2, 0.25) is 0 Å². The summed E-state index contributed by atoms with van der Waals surface area (Å²) in [6.07, 6.45) is 2.02. The predicted molar refractivity (Wildman–Crippen MR) is 66.2 cm³/mol. The highest BCUT2D eigenvalue weighted by atomic mass is 14.9. The summed E-state index contributed by atoms with van der Waals surface area (Å²) in [7, 11) is 0. The molecule has 1 aromatic rings. The highest BCUT2D eigenvalue weighted by Crippen LogP contribution is 2.19. The van der Waals surface area contributed by atoms with Gasteiger partial charge in [-0.15, -0.1) is 0 Å². The summed E-state index contributed by atoms with van der Waals surface area (Å²) in [5.74, 6) is 0.641. The fourth-order valence-electron chi connectivity index (χ4n) is 1.37. The summed E-state index contributed by atoms with van der Waals surface area (Å²) in [5.41, 5.74) is 6.96. The first-order valence-electron chi connectivity index (χ1n) is 5.52. The number of amidine groups is 1. The van der Waals surface area contributed by atoms with E-state index in [2.05, 4.69) is 25.8 Å². The van der Waals surface area contributed by atoms with Crippen LogP contribution in [-0.4, -0.2) is 11.4 Å². The number of nitrogens with zero attached hydrogens (tertiary/aromatic N) is 1. The van der Waals surface area contributed by atoms with Crippen LogP contribution < -0.4 is 5.73 Å². The third kappa shape index (κ3) is 3.08. The van der Waals surface area contributed by atoms with E-state index in [4.69, 9.17) is 5.73 Å². The van der Waals surface area contributed by atoms with Crippen LogP contribution in [0, 0.1) is 0 Å². The van der Waals surface area contributed by atoms with E-state index in [1.54, 1.807) is 0 Å². The van der Waals surface area contributed by atoms with Crippen molar-refractivity contribution < 1.29 is 0 Å². The molecule has 0 heterocycles. The molecular weight excluding hydrogens is 184 g/mol. The Kier molecular flexibility index (Phi) is 3.89. The van der Waals surface area contributed by atoms with Crippen molar-refractivity contribution in [2.24, 2.45) is 10.7 Å². The molecule has 0 saturated heterocycles. The fourth-order valence-corrected chi connectivity index (χ4v) is 1.37. The van der Waals surface area contributed by atoms with Gasteiger partial charge >= 0.3 is 0 Å². The molecule has 1 rings (SSSR count). The maximum Gasteiger partial charge on any atom is 0.126 e. The van der Waals surface area contributed by atoms with Gasteiger partial charge in [0, 0.05) is 5.56 Å². The molecule has 82 valence electrons. The Hall–Kier alpha value is -1.31. The number of benzene rings is 1. The third-order valence-corrected chi connectivity index (χ3v) is 2.98. The van der Waals surface area contributed by atoms with Crippen LogP contribution in [0.2, 0.25) is 0 Å². The van der Waals surface area contributed by atoms with Gasteiger partial charge in [-0.05, 0) is 19.8 Å². The first kappa shape index (κ1) is 11.8. The van der Waals surface area contributed by atoms with Crippen molar-refractivity contribution in [3.05, 3.63) is 35.9 Å². The van der Waals surface area contributed by atoms with E-state index in [0.717, 1.165) is 18.4 Å². The molecule has 0 spiro atoms. The van der Waals surface area contributed by atoms with Gasteiger partial charge in [0.1, 0.15) is 5.84 Å². The van der Waals surface area contributed by atoms with Gasteiger partial charge in [-0.25, -0.2) is 0 Å². The summed E-state index contributed by atoms with van der Waals surface area (Å²) >= 11 is 0. The molecule has 0 aromatic heterocycles. The lowest BCUT2D eigenvalue weighted by Gasteiger charge is -2.22. The minimum Gasteiger partial charge on any atom is -0.383 e. The van der Waals surface area contributed by atoms with E-state index in [1.165, 1.54) is 0 Å². The minimum absolute atomic E-state index is 0.0279. The smallest absolute Gasteiger partial charge is 0.126 e. The highest BCUT2D eigenvalue weighted by molar-refractivity contribution is 5.97. The zero-order valence-electron chi connectivity index (χ0n) is 9.83. The summed E-state index contributed by atoms with van der Waals surface area (Å²) in [6.45, 7) is 6.43. The quantitative estimate of drug-likeness (QED) is 0.594. The van der Waals surface area contributed by atoms with Gasteiger partial charge in [0.05, 0.1) is 5.54 Å². The van der Waals surface area contributed by atoms with E-state index >= 15 is 0 Å². The largest absolute Gasteiger partial charge is 0.383 e. The summed E-state index contributed by atoms with van der Waals surface area (Å²) in [5, 5.41) is 0. The van der Waals surface area contributed by atoms with Crippen molar-refractivity contribution in [2.75, 3.05) is 0 Å². The average Bonchev–Trinajstić information content (AvgIpc) is 2.30. The van der Waals surface area contributed by atoms with Crippen molar-refractivity contribution >= 4 is 5.84 Å². The molecule has 0 saturated carbocycles. The van der Waals surface area contributed by atoms with Crippen LogP contribution in [0.4, 0.5) is 0 Å². The standard InChI is InChI=1S/C13H20N2/c1-4-13(3,5-2)15-12(14)11-9-7-6-8-10-11/h6-10H,4-5H2,1-3H3,(H2,14,15). The Morgan fingerprint density at radius 2 is 1.73 bits per heavy atom. The molecule has 0 aliphatic carbocycles. The zero-order chi connectivity index (χ0) is 11.3. The second kappa shape index (κ2) is 4.96. The van der Waals surface area contributed by atoms with Gasteiger partial charge in [0.25, 0.3) is 0 Å². The molecule has 15 heavy (non-hydrogen) atoms. The first-order chi connectivity index (χ1) is 7.11. The summed E-state index contributed by atoms with van der Waals surface area (Å²) in [4.78, 5) is 4.61. The fraction of sp³-hybridized carbons (Fsp3) is 0.462. The molecule has 0 fully saturated rings. The Morgan fingerprint density at radius 3 is 2.20 bits per heavy atom. The number of hydrogen-bond acceptors (Lipinski definition) is 1. The van der Waals surface area contributed by atoms with E-state index in [-0.39, 0.29) is 5.54 Å². The van der Waals surface area contributed by atoms with Crippen LogP contribution in [0.15, 0.2) is 35.3 Å². The van der Waals surface area contributed by atoms with Crippen LogP contribution >= 0.6 is 0 Å². The Balaban J connectivity index is 2.93. The number of hydrogen-bond donors (Lipinski definition) is 1. The Morgan fingerprint density at radius 1 is 1.20 bits per heavy atom. The average molecular weight is 204 g/mol. The van der Waals surface area contributed by atoms with E-state index in [9.17, 15) is 0 Å². The highest BCUT2D eigenvalue weighted by Gasteiger charge is 2.18. The summed E-state index contributed by atoms with van der Waals surface area (Å²) in [6, 6.07) is 9.92. The molecule has 0 aliphatic heterocycles. The molecule has 0 atom stereocenters. The second-order valence-corrected chi connectivity index (χ2v) is 4.07. The van der Waals surface area contributed by atoms with Crippen LogP contribution in [-0.2, 0) is 0 Å². The van der Waals surface area contributed by atoms with Crippen molar-refractivity contribution in [1.82, 2.24) is 0 Å². The monoisotopic (exact) mass is 204 g/mol. The maximum absolute atomic E-state index is 5.98. The topological polar surface area (TPSA) is 38.4 Å². The number of aliphatic imine (C=N–C) groups is 1. The second-order valence-electron chi connectivity index (χ2n) is 4.07. The normalized spacial score (nSPS) is 12.9. The zero-order valence-corrected chi connectivity index (χ0v) is 9.83. The van der Waals surface area contributed by atoms with Gasteiger partial charge < -0.3 is 5.73 Å². The minimum atomic E-state index is -0.0279. The van der Waals surface area contributed by atoms with E-state index in [1.807, 2.05) is 30.3 Å². The van der Waals surface area contributed by atoms with Crippen molar-refractivity contribution in [3.8, 4) is 0 Å². The SMILES string of the molecule is CCC(C)(CC)N=C(N)c1ccccc1. The van der Waals surface area contributed by atoms with Crippen LogP contribution in [0.5, 0.6) is 0 Å². The number of rotatable bonds is 4. The van der Waals surface area contributed by atoms with Crippen LogP contribution in [0.25, 0.3) is 0 Å². The molecular formula is C13H20N2. The van der Waals surface area contributed by atoms with Crippen molar-refractivity contribution in [2.45, 2.75) is 39.2 Å². The van der Waals surface area contributed by atoms with Gasteiger partial charge in [0.15, 0.2) is 0 Å². The molecule has 0 amide bonds. The lowest BCUT2D eigenvalue weighted by Crippen LogP contribution is -2.25. The molecule has 0 bridgehead atoms. The lowest BCUT2D eigenvalue weighted by atomic mass is 9.96. The third-order valence-electron chi connectivity index (χ3n) is 2.98.